The highest BCUT2D eigenvalue weighted by atomic mass is 35.5. The van der Waals surface area contributed by atoms with Crippen molar-refractivity contribution in [1.29, 1.82) is 0 Å². The van der Waals surface area contributed by atoms with E-state index in [0.29, 0.717) is 17.3 Å². The largest absolute Gasteiger partial charge is 0.352 e. The van der Waals surface area contributed by atoms with Crippen LogP contribution in [0.3, 0.4) is 0 Å². The van der Waals surface area contributed by atoms with Gasteiger partial charge < -0.3 is 10.2 Å². The molecule has 2 aromatic carbocycles. The summed E-state index contributed by atoms with van der Waals surface area (Å²) in [6.07, 6.45) is 0.770. The van der Waals surface area contributed by atoms with Gasteiger partial charge in [-0.1, -0.05) is 23.2 Å². The lowest BCUT2D eigenvalue weighted by atomic mass is 10.2. The van der Waals surface area contributed by atoms with Crippen molar-refractivity contribution in [2.24, 2.45) is 0 Å². The Kier molecular flexibility index (Phi) is 9.53. The van der Waals surface area contributed by atoms with Gasteiger partial charge in [-0.05, 0) is 69.5 Å². The summed E-state index contributed by atoms with van der Waals surface area (Å²) in [6, 6.07) is 10.3. The number of hydrogen-bond acceptors (Lipinski definition) is 4. The maximum Gasteiger partial charge on any atom is 0.261 e. The first-order valence-electron chi connectivity index (χ1n) is 8.20. The number of nitrogens with zero attached hydrogens (tertiary/aromatic N) is 1. The Morgan fingerprint density at radius 3 is 2.32 bits per heavy atom. The summed E-state index contributed by atoms with van der Waals surface area (Å²) in [5.74, 6) is -0.415. The molecule has 0 aliphatic rings. The number of rotatable bonds is 8. The van der Waals surface area contributed by atoms with Gasteiger partial charge in [-0.3, -0.25) is 9.52 Å². The van der Waals surface area contributed by atoms with Crippen molar-refractivity contribution in [2.75, 3.05) is 31.9 Å². The SMILES string of the molecule is CN(C)CCCNC(=O)c1cc(S(=O)(=O)Nc2ccc(Cl)cc2)ccc1Cl.Cl. The molecule has 2 rings (SSSR count). The average Bonchev–Trinajstić information content (AvgIpc) is 2.60. The van der Waals surface area contributed by atoms with E-state index >= 15 is 0 Å². The molecule has 0 bridgehead atoms. The summed E-state index contributed by atoms with van der Waals surface area (Å²) in [7, 11) is 0.0165. The number of carbonyl (C=O) groups is 1. The molecule has 0 spiro atoms. The van der Waals surface area contributed by atoms with E-state index in [2.05, 4.69) is 10.0 Å². The van der Waals surface area contributed by atoms with Crippen LogP contribution in [0.5, 0.6) is 0 Å². The highest BCUT2D eigenvalue weighted by Crippen LogP contribution is 2.23. The van der Waals surface area contributed by atoms with E-state index in [1.807, 2.05) is 19.0 Å². The second-order valence-corrected chi connectivity index (χ2v) is 8.69. The fourth-order valence-corrected chi connectivity index (χ4v) is 3.68. The minimum Gasteiger partial charge on any atom is -0.352 e. The van der Waals surface area contributed by atoms with Gasteiger partial charge in [-0.15, -0.1) is 12.4 Å². The molecular formula is C18H22Cl3N3O3S. The number of nitrogens with one attached hydrogen (secondary N) is 2. The fraction of sp³-hybridized carbons (Fsp3) is 0.278. The summed E-state index contributed by atoms with van der Waals surface area (Å²) in [6.45, 7) is 1.29. The van der Waals surface area contributed by atoms with E-state index in [0.717, 1.165) is 13.0 Å². The lowest BCUT2D eigenvalue weighted by molar-refractivity contribution is 0.0952. The molecule has 28 heavy (non-hydrogen) atoms. The van der Waals surface area contributed by atoms with Gasteiger partial charge >= 0.3 is 0 Å². The van der Waals surface area contributed by atoms with Crippen molar-refractivity contribution >= 4 is 57.2 Å². The molecule has 0 heterocycles. The van der Waals surface area contributed by atoms with Crippen LogP contribution in [-0.4, -0.2) is 46.4 Å². The van der Waals surface area contributed by atoms with Crippen LogP contribution in [-0.2, 0) is 10.0 Å². The van der Waals surface area contributed by atoms with Crippen LogP contribution in [0.2, 0.25) is 10.0 Å². The number of hydrogen-bond donors (Lipinski definition) is 2. The molecule has 154 valence electrons. The normalized spacial score (nSPS) is 11.0. The molecule has 0 saturated carbocycles. The van der Waals surface area contributed by atoms with Gasteiger partial charge in [0, 0.05) is 17.3 Å². The smallest absolute Gasteiger partial charge is 0.261 e. The van der Waals surface area contributed by atoms with Gasteiger partial charge in [-0.2, -0.15) is 0 Å². The third kappa shape index (κ3) is 7.14. The number of carbonyl (C=O) groups excluding carboxylic acids is 1. The topological polar surface area (TPSA) is 78.5 Å². The number of benzene rings is 2. The van der Waals surface area contributed by atoms with Gasteiger partial charge in [0.1, 0.15) is 0 Å². The number of amides is 1. The zero-order chi connectivity index (χ0) is 20.0. The van der Waals surface area contributed by atoms with E-state index in [1.165, 1.54) is 18.2 Å². The molecule has 0 atom stereocenters. The zero-order valence-electron chi connectivity index (χ0n) is 15.4. The van der Waals surface area contributed by atoms with Crippen LogP contribution in [0.4, 0.5) is 5.69 Å². The summed E-state index contributed by atoms with van der Waals surface area (Å²) in [4.78, 5) is 14.3. The Bertz CT molecular complexity index is 904. The molecule has 0 aliphatic carbocycles. The van der Waals surface area contributed by atoms with Gasteiger partial charge in [0.2, 0.25) is 0 Å². The first-order valence-corrected chi connectivity index (χ1v) is 10.4. The number of halogens is 3. The summed E-state index contributed by atoms with van der Waals surface area (Å²) in [5.41, 5.74) is 0.476. The van der Waals surface area contributed by atoms with Crippen LogP contribution in [0.25, 0.3) is 0 Å². The van der Waals surface area contributed by atoms with Crippen molar-refractivity contribution in [3.63, 3.8) is 0 Å². The Labute approximate surface area is 181 Å². The standard InChI is InChI=1S/C18H21Cl2N3O3S.ClH/c1-23(2)11-3-10-21-18(24)16-12-15(8-9-17(16)20)27(25,26)22-14-6-4-13(19)5-7-14;/h4-9,12,22H,3,10-11H2,1-2H3,(H,21,24);1H. The van der Waals surface area contributed by atoms with Crippen LogP contribution in [0.15, 0.2) is 47.4 Å². The highest BCUT2D eigenvalue weighted by molar-refractivity contribution is 7.92. The molecule has 0 aliphatic heterocycles. The predicted octanol–water partition coefficient (Wildman–Crippen LogP) is 3.90. The minimum atomic E-state index is -3.87. The van der Waals surface area contributed by atoms with Crippen molar-refractivity contribution in [3.05, 3.63) is 58.1 Å². The maximum atomic E-state index is 12.6. The van der Waals surface area contributed by atoms with E-state index in [4.69, 9.17) is 23.2 Å². The minimum absolute atomic E-state index is 0. The highest BCUT2D eigenvalue weighted by Gasteiger charge is 2.19. The van der Waals surface area contributed by atoms with Gasteiger partial charge in [0.15, 0.2) is 0 Å². The molecule has 2 aromatic rings. The van der Waals surface area contributed by atoms with Crippen molar-refractivity contribution in [2.45, 2.75) is 11.3 Å². The third-order valence-electron chi connectivity index (χ3n) is 3.66. The first kappa shape index (κ1) is 24.5. The Balaban J connectivity index is 0.00000392. The summed E-state index contributed by atoms with van der Waals surface area (Å²) in [5, 5.41) is 3.43. The molecule has 2 N–H and O–H groups in total. The van der Waals surface area contributed by atoms with Crippen LogP contribution in [0, 0.1) is 0 Å². The molecule has 10 heteroatoms. The summed E-state index contributed by atoms with van der Waals surface area (Å²) >= 11 is 11.9. The van der Waals surface area contributed by atoms with Crippen LogP contribution in [0.1, 0.15) is 16.8 Å². The third-order valence-corrected chi connectivity index (χ3v) is 5.62. The first-order chi connectivity index (χ1) is 12.7. The second kappa shape index (κ2) is 10.9. The Hall–Kier alpha value is -1.51. The van der Waals surface area contributed by atoms with Crippen molar-refractivity contribution in [3.8, 4) is 0 Å². The molecule has 0 radical (unpaired) electrons. The van der Waals surface area contributed by atoms with E-state index < -0.39 is 15.9 Å². The molecule has 1 amide bonds. The van der Waals surface area contributed by atoms with Crippen molar-refractivity contribution < 1.29 is 13.2 Å². The molecule has 0 fully saturated rings. The van der Waals surface area contributed by atoms with E-state index in [-0.39, 0.29) is 27.9 Å². The maximum absolute atomic E-state index is 12.6. The van der Waals surface area contributed by atoms with Crippen LogP contribution < -0.4 is 10.0 Å². The Morgan fingerprint density at radius 1 is 1.07 bits per heavy atom. The molecule has 0 saturated heterocycles. The number of anilines is 1. The second-order valence-electron chi connectivity index (χ2n) is 6.17. The van der Waals surface area contributed by atoms with Gasteiger partial charge in [-0.25, -0.2) is 8.42 Å². The molecule has 0 aromatic heterocycles. The molecule has 0 unspecified atom stereocenters. The average molecular weight is 467 g/mol. The summed E-state index contributed by atoms with van der Waals surface area (Å²) < 4.78 is 27.6. The van der Waals surface area contributed by atoms with E-state index in [1.54, 1.807) is 24.3 Å². The van der Waals surface area contributed by atoms with E-state index in [9.17, 15) is 13.2 Å². The molecule has 6 nitrogen and oxygen atoms in total. The quantitative estimate of drug-likeness (QED) is 0.578. The predicted molar refractivity (Wildman–Crippen MR) is 116 cm³/mol. The molecular weight excluding hydrogens is 445 g/mol. The van der Waals surface area contributed by atoms with Gasteiger partial charge in [0.25, 0.3) is 15.9 Å². The van der Waals surface area contributed by atoms with Gasteiger partial charge in [0.05, 0.1) is 15.5 Å². The monoisotopic (exact) mass is 465 g/mol. The Morgan fingerprint density at radius 2 is 1.71 bits per heavy atom. The van der Waals surface area contributed by atoms with Crippen LogP contribution >= 0.6 is 35.6 Å². The number of sulfonamides is 1. The zero-order valence-corrected chi connectivity index (χ0v) is 18.6. The fourth-order valence-electron chi connectivity index (χ4n) is 2.27. The lowest BCUT2D eigenvalue weighted by Gasteiger charge is -2.12. The van der Waals surface area contributed by atoms with Crippen molar-refractivity contribution in [1.82, 2.24) is 10.2 Å². The lowest BCUT2D eigenvalue weighted by Crippen LogP contribution is -2.27.